The highest BCUT2D eigenvalue weighted by Crippen LogP contribution is 2.24. The molecule has 2 rings (SSSR count). The number of hydrogen-bond acceptors (Lipinski definition) is 1. The van der Waals surface area contributed by atoms with Gasteiger partial charge in [0.2, 0.25) is 0 Å². The number of carbonyl (C=O) groups is 1. The van der Waals surface area contributed by atoms with Gasteiger partial charge >= 0.3 is 6.03 Å². The topological polar surface area (TPSA) is 32.3 Å². The number of rotatable bonds is 10. The van der Waals surface area contributed by atoms with Gasteiger partial charge in [0.15, 0.2) is 0 Å². The highest BCUT2D eigenvalue weighted by atomic mass is 19.1. The van der Waals surface area contributed by atoms with Crippen molar-refractivity contribution in [2.75, 3.05) is 11.9 Å². The molecule has 0 aliphatic rings. The molecular weight excluding hydrogens is 394 g/mol. The van der Waals surface area contributed by atoms with E-state index >= 15 is 0 Å². The molecule has 5 heteroatoms. The lowest BCUT2D eigenvalue weighted by atomic mass is 9.86. The molecule has 31 heavy (non-hydrogen) atoms. The number of carbonyl (C=O) groups excluding carboxylic acids is 1. The number of benzene rings is 2. The Morgan fingerprint density at radius 1 is 0.968 bits per heavy atom. The van der Waals surface area contributed by atoms with Crippen molar-refractivity contribution >= 4 is 11.7 Å². The van der Waals surface area contributed by atoms with Crippen LogP contribution in [0.3, 0.4) is 0 Å². The zero-order valence-corrected chi connectivity index (χ0v) is 19.3. The molecule has 0 bridgehead atoms. The number of amides is 2. The molecule has 0 saturated carbocycles. The molecule has 0 fully saturated rings. The van der Waals surface area contributed by atoms with Crippen LogP contribution in [0.5, 0.6) is 0 Å². The van der Waals surface area contributed by atoms with E-state index in [-0.39, 0.29) is 17.1 Å². The maximum Gasteiger partial charge on any atom is 0.322 e. The Bertz CT molecular complexity index is 846. The number of unbranched alkanes of at least 4 members (excludes halogenated alkanes) is 4. The average molecular weight is 431 g/mol. The Morgan fingerprint density at radius 3 is 2.29 bits per heavy atom. The number of halogens is 2. The van der Waals surface area contributed by atoms with Crippen molar-refractivity contribution in [2.45, 2.75) is 72.8 Å². The van der Waals surface area contributed by atoms with Crippen LogP contribution in [0.15, 0.2) is 42.5 Å². The van der Waals surface area contributed by atoms with Crippen LogP contribution in [-0.2, 0) is 13.0 Å². The van der Waals surface area contributed by atoms with E-state index in [0.29, 0.717) is 13.1 Å². The van der Waals surface area contributed by atoms with E-state index in [4.69, 9.17) is 0 Å². The van der Waals surface area contributed by atoms with Crippen LogP contribution < -0.4 is 5.32 Å². The van der Waals surface area contributed by atoms with Gasteiger partial charge in [-0.05, 0) is 41.5 Å². The number of nitrogens with one attached hydrogen (secondary N) is 1. The minimum absolute atomic E-state index is 0.00893. The lowest BCUT2D eigenvalue weighted by Gasteiger charge is -2.26. The maximum absolute atomic E-state index is 14.1. The minimum Gasteiger partial charge on any atom is -0.320 e. The quantitative estimate of drug-likeness (QED) is 0.388. The number of urea groups is 1. The van der Waals surface area contributed by atoms with E-state index in [2.05, 4.69) is 45.1 Å². The molecule has 2 aromatic rings. The van der Waals surface area contributed by atoms with Crippen LogP contribution in [-0.4, -0.2) is 17.5 Å². The van der Waals surface area contributed by atoms with Gasteiger partial charge in [-0.25, -0.2) is 13.6 Å². The van der Waals surface area contributed by atoms with Crippen LogP contribution in [0.2, 0.25) is 0 Å². The minimum atomic E-state index is -0.774. The van der Waals surface area contributed by atoms with Crippen molar-refractivity contribution < 1.29 is 13.6 Å². The fourth-order valence-corrected chi connectivity index (χ4v) is 3.60. The summed E-state index contributed by atoms with van der Waals surface area (Å²) in [5.41, 5.74) is 2.43. The van der Waals surface area contributed by atoms with E-state index in [1.165, 1.54) is 18.1 Å². The number of nitrogens with zero attached hydrogens (tertiary/aromatic N) is 1. The molecule has 0 unspecified atom stereocenters. The third kappa shape index (κ3) is 8.68. The second kappa shape index (κ2) is 11.8. The Kier molecular flexibility index (Phi) is 9.47. The van der Waals surface area contributed by atoms with E-state index in [1.807, 2.05) is 12.1 Å². The van der Waals surface area contributed by atoms with Crippen molar-refractivity contribution in [3.05, 3.63) is 65.2 Å². The van der Waals surface area contributed by atoms with Gasteiger partial charge in [-0.1, -0.05) is 77.6 Å². The first-order valence-electron chi connectivity index (χ1n) is 11.3. The van der Waals surface area contributed by atoms with Gasteiger partial charge in [-0.3, -0.25) is 0 Å². The Morgan fingerprint density at radius 2 is 1.65 bits per heavy atom. The van der Waals surface area contributed by atoms with Crippen LogP contribution in [0.1, 0.15) is 70.9 Å². The van der Waals surface area contributed by atoms with Crippen molar-refractivity contribution in [3.63, 3.8) is 0 Å². The molecule has 1 N–H and O–H groups in total. The molecule has 0 heterocycles. The lowest BCUT2D eigenvalue weighted by Crippen LogP contribution is -2.36. The summed E-state index contributed by atoms with van der Waals surface area (Å²) in [5, 5.41) is 2.62. The first kappa shape index (κ1) is 24.8. The third-order valence-corrected chi connectivity index (χ3v) is 5.19. The van der Waals surface area contributed by atoms with E-state index < -0.39 is 11.6 Å². The van der Waals surface area contributed by atoms with Gasteiger partial charge in [0.1, 0.15) is 11.6 Å². The number of anilines is 1. The highest BCUT2D eigenvalue weighted by molar-refractivity contribution is 5.89. The summed E-state index contributed by atoms with van der Waals surface area (Å²) in [6.45, 7) is 9.79. The van der Waals surface area contributed by atoms with Crippen LogP contribution in [0.4, 0.5) is 19.3 Å². The number of hydrogen-bond donors (Lipinski definition) is 1. The van der Waals surface area contributed by atoms with Crippen molar-refractivity contribution in [2.24, 2.45) is 5.41 Å². The van der Waals surface area contributed by atoms with Crippen molar-refractivity contribution in [3.8, 4) is 0 Å². The van der Waals surface area contributed by atoms with Gasteiger partial charge in [0.25, 0.3) is 0 Å². The first-order valence-corrected chi connectivity index (χ1v) is 11.3. The molecule has 0 aliphatic heterocycles. The summed E-state index contributed by atoms with van der Waals surface area (Å²) in [4.78, 5) is 14.8. The second-order valence-electron chi connectivity index (χ2n) is 9.40. The summed E-state index contributed by atoms with van der Waals surface area (Å²) >= 11 is 0. The predicted octanol–water partition coefficient (Wildman–Crippen LogP) is 7.56. The SMILES string of the molecule is CCCCCCCN(Cc1ccccc1CC(C)(C)C)C(=O)Nc1ccc(F)cc1F. The normalized spacial score (nSPS) is 11.4. The van der Waals surface area contributed by atoms with Crippen LogP contribution >= 0.6 is 0 Å². The summed E-state index contributed by atoms with van der Waals surface area (Å²) in [6, 6.07) is 11.0. The molecule has 0 aromatic heterocycles. The second-order valence-corrected chi connectivity index (χ2v) is 9.40. The summed E-state index contributed by atoms with van der Waals surface area (Å²) < 4.78 is 27.3. The van der Waals surface area contributed by atoms with E-state index in [0.717, 1.165) is 49.8 Å². The van der Waals surface area contributed by atoms with Gasteiger partial charge in [0, 0.05) is 19.2 Å². The summed E-state index contributed by atoms with van der Waals surface area (Å²) in [7, 11) is 0. The zero-order valence-electron chi connectivity index (χ0n) is 19.3. The zero-order chi connectivity index (χ0) is 22.9. The lowest BCUT2D eigenvalue weighted by molar-refractivity contribution is 0.207. The van der Waals surface area contributed by atoms with Gasteiger partial charge < -0.3 is 10.2 Å². The van der Waals surface area contributed by atoms with Crippen LogP contribution in [0.25, 0.3) is 0 Å². The third-order valence-electron chi connectivity index (χ3n) is 5.19. The Hall–Kier alpha value is -2.43. The monoisotopic (exact) mass is 430 g/mol. The molecule has 2 aromatic carbocycles. The maximum atomic E-state index is 14.1. The molecule has 3 nitrogen and oxygen atoms in total. The smallest absolute Gasteiger partial charge is 0.320 e. The molecule has 0 saturated heterocycles. The van der Waals surface area contributed by atoms with Gasteiger partial charge in [-0.15, -0.1) is 0 Å². The molecular formula is C26H36F2N2O. The van der Waals surface area contributed by atoms with Crippen molar-refractivity contribution in [1.82, 2.24) is 4.90 Å². The molecule has 0 radical (unpaired) electrons. The molecule has 2 amide bonds. The summed E-state index contributed by atoms with van der Waals surface area (Å²) in [5.74, 6) is -1.44. The van der Waals surface area contributed by atoms with Gasteiger partial charge in [0.05, 0.1) is 5.69 Å². The van der Waals surface area contributed by atoms with E-state index in [1.54, 1.807) is 4.90 Å². The standard InChI is InChI=1S/C26H36F2N2O/c1-5-6-7-8-11-16-30(25(31)29-24-15-14-22(27)17-23(24)28)19-21-13-10-9-12-20(21)18-26(2,3)4/h9-10,12-15,17H,5-8,11,16,18-19H2,1-4H3,(H,29,31). The van der Waals surface area contributed by atoms with Gasteiger partial charge in [-0.2, -0.15) is 0 Å². The largest absolute Gasteiger partial charge is 0.322 e. The first-order chi connectivity index (χ1) is 14.7. The predicted molar refractivity (Wildman–Crippen MR) is 124 cm³/mol. The molecule has 0 spiro atoms. The van der Waals surface area contributed by atoms with Crippen molar-refractivity contribution in [1.29, 1.82) is 0 Å². The van der Waals surface area contributed by atoms with Crippen LogP contribution in [0, 0.1) is 17.0 Å². The summed E-state index contributed by atoms with van der Waals surface area (Å²) in [6.07, 6.45) is 6.32. The fraction of sp³-hybridized carbons (Fsp3) is 0.500. The molecule has 0 aliphatic carbocycles. The average Bonchev–Trinajstić information content (AvgIpc) is 2.69. The van der Waals surface area contributed by atoms with E-state index in [9.17, 15) is 13.6 Å². The molecule has 170 valence electrons. The fourth-order valence-electron chi connectivity index (χ4n) is 3.60. The highest BCUT2D eigenvalue weighted by Gasteiger charge is 2.19. The molecule has 0 atom stereocenters. The Balaban J connectivity index is 2.17. The Labute approximate surface area is 185 Å².